The number of H-pyrrole nitrogens is 1. The van der Waals surface area contributed by atoms with Gasteiger partial charge < -0.3 is 19.6 Å². The van der Waals surface area contributed by atoms with Crippen LogP contribution in [0.1, 0.15) is 24.7 Å². The predicted molar refractivity (Wildman–Crippen MR) is 77.5 cm³/mol. The second-order valence-electron chi connectivity index (χ2n) is 4.64. The van der Waals surface area contributed by atoms with Crippen molar-refractivity contribution in [1.29, 1.82) is 0 Å². The average molecular weight is 276 g/mol. The standard InChI is InChI=1S/C15H20N2O3/c1-5-6-11-9(2)16-15(17-11)10-7-12(19-3)14(18)13(8-10)20-4/h7-8,18H,5-6H2,1-4H3,(H,16,17). The summed E-state index contributed by atoms with van der Waals surface area (Å²) in [5.74, 6) is 1.48. The first-order valence-electron chi connectivity index (χ1n) is 6.61. The van der Waals surface area contributed by atoms with Crippen LogP contribution in [0.2, 0.25) is 0 Å². The van der Waals surface area contributed by atoms with Crippen molar-refractivity contribution in [2.45, 2.75) is 26.7 Å². The number of rotatable bonds is 5. The highest BCUT2D eigenvalue weighted by atomic mass is 16.5. The molecule has 0 amide bonds. The number of aromatic amines is 1. The molecule has 0 saturated heterocycles. The molecule has 2 aromatic rings. The second kappa shape index (κ2) is 5.86. The number of phenols is 1. The Hall–Kier alpha value is -2.17. The maximum Gasteiger partial charge on any atom is 0.200 e. The van der Waals surface area contributed by atoms with Gasteiger partial charge in [0.05, 0.1) is 19.9 Å². The van der Waals surface area contributed by atoms with Crippen LogP contribution >= 0.6 is 0 Å². The summed E-state index contributed by atoms with van der Waals surface area (Å²) in [5.41, 5.74) is 2.95. The van der Waals surface area contributed by atoms with Crippen molar-refractivity contribution in [2.75, 3.05) is 14.2 Å². The first kappa shape index (κ1) is 14.2. The van der Waals surface area contributed by atoms with Crippen molar-refractivity contribution in [2.24, 2.45) is 0 Å². The molecule has 0 atom stereocenters. The fraction of sp³-hybridized carbons (Fsp3) is 0.400. The average Bonchev–Trinajstić information content (AvgIpc) is 2.81. The number of phenolic OH excluding ortho intramolecular Hbond substituents is 1. The van der Waals surface area contributed by atoms with Gasteiger partial charge in [-0.25, -0.2) is 4.98 Å². The highest BCUT2D eigenvalue weighted by Crippen LogP contribution is 2.39. The first-order chi connectivity index (χ1) is 9.60. The van der Waals surface area contributed by atoms with Crippen LogP contribution in [-0.2, 0) is 6.42 Å². The zero-order chi connectivity index (χ0) is 14.7. The fourth-order valence-electron chi connectivity index (χ4n) is 2.14. The van der Waals surface area contributed by atoms with E-state index in [1.54, 1.807) is 12.1 Å². The Morgan fingerprint density at radius 1 is 1.20 bits per heavy atom. The summed E-state index contributed by atoms with van der Waals surface area (Å²) >= 11 is 0. The number of nitrogens with zero attached hydrogens (tertiary/aromatic N) is 1. The Labute approximate surface area is 118 Å². The van der Waals surface area contributed by atoms with E-state index in [1.807, 2.05) is 6.92 Å². The quantitative estimate of drug-likeness (QED) is 0.880. The third-order valence-corrected chi connectivity index (χ3v) is 3.23. The number of methoxy groups -OCH3 is 2. The van der Waals surface area contributed by atoms with Gasteiger partial charge in [-0.05, 0) is 25.5 Å². The summed E-state index contributed by atoms with van der Waals surface area (Å²) in [7, 11) is 3.02. The lowest BCUT2D eigenvalue weighted by molar-refractivity contribution is 0.340. The van der Waals surface area contributed by atoms with Crippen molar-refractivity contribution in [3.63, 3.8) is 0 Å². The van der Waals surface area contributed by atoms with Gasteiger partial charge in [-0.1, -0.05) is 13.3 Å². The molecule has 0 unspecified atom stereocenters. The normalized spacial score (nSPS) is 10.6. The lowest BCUT2D eigenvalue weighted by Crippen LogP contribution is -1.91. The van der Waals surface area contributed by atoms with Crippen LogP contribution in [0.25, 0.3) is 11.4 Å². The highest BCUT2D eigenvalue weighted by Gasteiger charge is 2.15. The predicted octanol–water partition coefficient (Wildman–Crippen LogP) is 3.06. The molecule has 108 valence electrons. The number of aromatic nitrogens is 2. The lowest BCUT2D eigenvalue weighted by atomic mass is 10.1. The number of nitrogens with one attached hydrogen (secondary N) is 1. The third kappa shape index (κ3) is 2.57. The molecule has 20 heavy (non-hydrogen) atoms. The molecule has 0 fully saturated rings. The van der Waals surface area contributed by atoms with E-state index in [-0.39, 0.29) is 5.75 Å². The number of hydrogen-bond donors (Lipinski definition) is 2. The van der Waals surface area contributed by atoms with Gasteiger partial charge in [-0.15, -0.1) is 0 Å². The minimum atomic E-state index is -0.00388. The molecule has 5 heteroatoms. The highest BCUT2D eigenvalue weighted by molar-refractivity contribution is 5.66. The molecule has 0 spiro atoms. The smallest absolute Gasteiger partial charge is 0.200 e. The van der Waals surface area contributed by atoms with Gasteiger partial charge in [0.1, 0.15) is 5.82 Å². The molecule has 2 rings (SSSR count). The number of aromatic hydroxyl groups is 1. The van der Waals surface area contributed by atoms with Gasteiger partial charge in [0.15, 0.2) is 11.5 Å². The zero-order valence-corrected chi connectivity index (χ0v) is 12.3. The van der Waals surface area contributed by atoms with Crippen molar-refractivity contribution < 1.29 is 14.6 Å². The molecule has 0 bridgehead atoms. The van der Waals surface area contributed by atoms with E-state index in [9.17, 15) is 5.11 Å². The van der Waals surface area contributed by atoms with Crippen LogP contribution in [0.15, 0.2) is 12.1 Å². The minimum absolute atomic E-state index is 0.00388. The van der Waals surface area contributed by atoms with E-state index in [0.717, 1.165) is 35.6 Å². The van der Waals surface area contributed by atoms with Gasteiger partial charge in [0.2, 0.25) is 5.75 Å². The topological polar surface area (TPSA) is 67.4 Å². The maximum atomic E-state index is 9.92. The number of aryl methyl sites for hydroxylation is 2. The van der Waals surface area contributed by atoms with Gasteiger partial charge >= 0.3 is 0 Å². The van der Waals surface area contributed by atoms with E-state index in [4.69, 9.17) is 9.47 Å². The van der Waals surface area contributed by atoms with Crippen LogP contribution in [0.3, 0.4) is 0 Å². The largest absolute Gasteiger partial charge is 0.502 e. The summed E-state index contributed by atoms with van der Waals surface area (Å²) in [6, 6.07) is 3.48. The molecule has 2 N–H and O–H groups in total. The number of benzene rings is 1. The SMILES string of the molecule is CCCc1nc(-c2cc(OC)c(O)c(OC)c2)[nH]c1C. The van der Waals surface area contributed by atoms with Crippen LogP contribution in [0, 0.1) is 6.92 Å². The summed E-state index contributed by atoms with van der Waals surface area (Å²) in [6.07, 6.45) is 1.99. The summed E-state index contributed by atoms with van der Waals surface area (Å²) in [6.45, 7) is 4.14. The Bertz CT molecular complexity index is 580. The van der Waals surface area contributed by atoms with Gasteiger partial charge in [-0.3, -0.25) is 0 Å². The van der Waals surface area contributed by atoms with Crippen LogP contribution in [-0.4, -0.2) is 29.3 Å². The van der Waals surface area contributed by atoms with Crippen LogP contribution < -0.4 is 9.47 Å². The first-order valence-corrected chi connectivity index (χ1v) is 6.61. The monoisotopic (exact) mass is 276 g/mol. The van der Waals surface area contributed by atoms with E-state index >= 15 is 0 Å². The van der Waals surface area contributed by atoms with E-state index in [0.29, 0.717) is 11.5 Å². The number of hydrogen-bond acceptors (Lipinski definition) is 4. The second-order valence-corrected chi connectivity index (χ2v) is 4.64. The Morgan fingerprint density at radius 2 is 1.80 bits per heavy atom. The van der Waals surface area contributed by atoms with Gasteiger partial charge in [0.25, 0.3) is 0 Å². The summed E-state index contributed by atoms with van der Waals surface area (Å²) in [5, 5.41) is 9.92. The number of imidazole rings is 1. The molecule has 5 nitrogen and oxygen atoms in total. The van der Waals surface area contributed by atoms with E-state index in [1.165, 1.54) is 14.2 Å². The molecular formula is C15H20N2O3. The molecule has 0 saturated carbocycles. The molecule has 1 aromatic carbocycles. The van der Waals surface area contributed by atoms with Gasteiger partial charge in [-0.2, -0.15) is 0 Å². The third-order valence-electron chi connectivity index (χ3n) is 3.23. The fourth-order valence-corrected chi connectivity index (χ4v) is 2.14. The van der Waals surface area contributed by atoms with Crippen molar-refractivity contribution >= 4 is 0 Å². The molecular weight excluding hydrogens is 256 g/mol. The minimum Gasteiger partial charge on any atom is -0.502 e. The van der Waals surface area contributed by atoms with Crippen molar-refractivity contribution in [3.8, 4) is 28.6 Å². The van der Waals surface area contributed by atoms with E-state index in [2.05, 4.69) is 16.9 Å². The number of ether oxygens (including phenoxy) is 2. The van der Waals surface area contributed by atoms with Crippen molar-refractivity contribution in [1.82, 2.24) is 9.97 Å². The molecule has 0 aliphatic heterocycles. The van der Waals surface area contributed by atoms with Crippen LogP contribution in [0.4, 0.5) is 0 Å². The molecule has 1 aromatic heterocycles. The molecule has 0 aliphatic carbocycles. The summed E-state index contributed by atoms with van der Waals surface area (Å²) in [4.78, 5) is 7.87. The Kier molecular flexibility index (Phi) is 4.17. The zero-order valence-electron chi connectivity index (χ0n) is 12.3. The molecule has 0 radical (unpaired) electrons. The molecule has 1 heterocycles. The van der Waals surface area contributed by atoms with E-state index < -0.39 is 0 Å². The maximum absolute atomic E-state index is 9.92. The molecule has 0 aliphatic rings. The lowest BCUT2D eigenvalue weighted by Gasteiger charge is -2.10. The summed E-state index contributed by atoms with van der Waals surface area (Å²) < 4.78 is 10.3. The Morgan fingerprint density at radius 3 is 2.30 bits per heavy atom. The van der Waals surface area contributed by atoms with Gasteiger partial charge in [0, 0.05) is 11.3 Å². The van der Waals surface area contributed by atoms with Crippen molar-refractivity contribution in [3.05, 3.63) is 23.5 Å². The Balaban J connectivity index is 2.49. The van der Waals surface area contributed by atoms with Crippen LogP contribution in [0.5, 0.6) is 17.2 Å².